The smallest absolute Gasteiger partial charge is 0.223 e. The molecule has 2 aromatic rings. The normalized spacial score (nSPS) is 22.8. The van der Waals surface area contributed by atoms with Crippen LogP contribution in [0.15, 0.2) is 34.5 Å². The number of aliphatic hydroxyl groups is 2. The van der Waals surface area contributed by atoms with E-state index >= 15 is 0 Å². The van der Waals surface area contributed by atoms with Gasteiger partial charge in [-0.15, -0.1) is 5.11 Å². The van der Waals surface area contributed by atoms with E-state index in [2.05, 4.69) is 25.5 Å². The van der Waals surface area contributed by atoms with Crippen molar-refractivity contribution in [2.75, 3.05) is 17.7 Å². The molecule has 1 fully saturated rings. The molecule has 0 spiro atoms. The van der Waals surface area contributed by atoms with Crippen LogP contribution in [0.25, 0.3) is 0 Å². The molecule has 1 saturated carbocycles. The molecule has 3 rings (SSSR count). The van der Waals surface area contributed by atoms with Crippen molar-refractivity contribution in [3.05, 3.63) is 34.4 Å². The van der Waals surface area contributed by atoms with E-state index in [4.69, 9.17) is 28.9 Å². The predicted molar refractivity (Wildman–Crippen MR) is 100 cm³/mol. The Morgan fingerprint density at radius 1 is 1.15 bits per heavy atom. The van der Waals surface area contributed by atoms with Gasteiger partial charge >= 0.3 is 0 Å². The number of rotatable bonds is 5. The first-order chi connectivity index (χ1) is 12.5. The highest BCUT2D eigenvalue weighted by molar-refractivity contribution is 6.32. The number of benzene rings is 1. The lowest BCUT2D eigenvalue weighted by molar-refractivity contribution is 0.0908. The molecule has 1 aliphatic rings. The van der Waals surface area contributed by atoms with Crippen LogP contribution in [0.2, 0.25) is 10.2 Å². The second-order valence-electron chi connectivity index (χ2n) is 6.07. The van der Waals surface area contributed by atoms with Crippen LogP contribution in [-0.4, -0.2) is 38.9 Å². The topological polar surface area (TPSA) is 129 Å². The second kappa shape index (κ2) is 8.13. The summed E-state index contributed by atoms with van der Waals surface area (Å²) in [7, 11) is 0. The maximum absolute atomic E-state index is 9.95. The van der Waals surface area contributed by atoms with Gasteiger partial charge in [-0.1, -0.05) is 23.2 Å². The molecule has 10 heteroatoms. The summed E-state index contributed by atoms with van der Waals surface area (Å²) < 4.78 is 0. The molecule has 3 atom stereocenters. The lowest BCUT2D eigenvalue weighted by Crippen LogP contribution is -2.18. The average molecular weight is 397 g/mol. The first kappa shape index (κ1) is 18.8. The van der Waals surface area contributed by atoms with E-state index in [0.29, 0.717) is 29.4 Å². The Bertz CT molecular complexity index is 802. The maximum Gasteiger partial charge on any atom is 0.223 e. The molecule has 1 aliphatic carbocycles. The van der Waals surface area contributed by atoms with Crippen molar-refractivity contribution in [2.45, 2.75) is 25.0 Å². The third-order valence-electron chi connectivity index (χ3n) is 4.18. The molecule has 138 valence electrons. The van der Waals surface area contributed by atoms with Gasteiger partial charge in [-0.2, -0.15) is 15.1 Å². The van der Waals surface area contributed by atoms with E-state index in [9.17, 15) is 10.2 Å². The van der Waals surface area contributed by atoms with Gasteiger partial charge in [0.1, 0.15) is 0 Å². The Hall–Kier alpha value is -2.00. The largest absolute Gasteiger partial charge is 0.396 e. The van der Waals surface area contributed by atoms with Gasteiger partial charge in [-0.25, -0.2) is 0 Å². The van der Waals surface area contributed by atoms with Crippen LogP contribution in [-0.2, 0) is 0 Å². The molecular weight excluding hydrogens is 379 g/mol. The number of azo groups is 1. The number of aliphatic hydroxyl groups excluding tert-OH is 2. The van der Waals surface area contributed by atoms with Gasteiger partial charge in [-0.3, -0.25) is 0 Å². The molecule has 1 heterocycles. The average Bonchev–Trinajstić information content (AvgIpc) is 2.95. The Morgan fingerprint density at radius 3 is 2.54 bits per heavy atom. The van der Waals surface area contributed by atoms with E-state index in [1.54, 1.807) is 24.3 Å². The van der Waals surface area contributed by atoms with E-state index in [-0.39, 0.29) is 35.4 Å². The highest BCUT2D eigenvalue weighted by atomic mass is 35.5. The Balaban J connectivity index is 1.84. The number of hydrogen-bond donors (Lipinski definition) is 4. The summed E-state index contributed by atoms with van der Waals surface area (Å²) in [5.41, 5.74) is 6.52. The van der Waals surface area contributed by atoms with E-state index in [1.165, 1.54) is 0 Å². The third-order valence-corrected chi connectivity index (χ3v) is 4.70. The second-order valence-corrected chi connectivity index (χ2v) is 6.86. The van der Waals surface area contributed by atoms with Crippen molar-refractivity contribution in [3.63, 3.8) is 0 Å². The van der Waals surface area contributed by atoms with Gasteiger partial charge in [0, 0.05) is 23.6 Å². The van der Waals surface area contributed by atoms with Crippen LogP contribution < -0.4 is 11.1 Å². The molecule has 0 saturated heterocycles. The van der Waals surface area contributed by atoms with Crippen molar-refractivity contribution < 1.29 is 10.2 Å². The number of anilines is 2. The number of nitrogens with zero attached hydrogens (tertiary/aromatic N) is 4. The molecule has 5 N–H and O–H groups in total. The van der Waals surface area contributed by atoms with E-state index < -0.39 is 6.10 Å². The van der Waals surface area contributed by atoms with Crippen LogP contribution in [0.1, 0.15) is 12.8 Å². The first-order valence-corrected chi connectivity index (χ1v) is 8.77. The Labute approximate surface area is 160 Å². The van der Waals surface area contributed by atoms with Crippen molar-refractivity contribution in [1.82, 2.24) is 9.97 Å². The standard InChI is InChI=1S/C16H18Cl2N6O2/c17-9-1-3-10(4-2-9)23-24-13-14(18)21-16(19)22-15(13)20-11-5-8(7-25)12(26)6-11/h1-4,8,11-12,25-26H,5-7H2,(H3,19,20,21,22)/b24-23+/t8-,11-,12+/m1/s1. The predicted octanol–water partition coefficient (Wildman–Crippen LogP) is 3.32. The fourth-order valence-corrected chi connectivity index (χ4v) is 3.20. The minimum atomic E-state index is -0.578. The molecule has 0 unspecified atom stereocenters. The van der Waals surface area contributed by atoms with Gasteiger partial charge in [0.2, 0.25) is 5.95 Å². The van der Waals surface area contributed by atoms with Crippen LogP contribution in [0.4, 0.5) is 23.1 Å². The highest BCUT2D eigenvalue weighted by Crippen LogP contribution is 2.35. The van der Waals surface area contributed by atoms with Crippen molar-refractivity contribution >= 4 is 46.3 Å². The molecule has 0 amide bonds. The SMILES string of the molecule is Nc1nc(Cl)c(/N=N/c2ccc(Cl)cc2)c(N[C@@H]2C[C@H](CO)[C@@H](O)C2)n1. The Kier molecular flexibility index (Phi) is 5.87. The summed E-state index contributed by atoms with van der Waals surface area (Å²) in [6.45, 7) is -0.0743. The number of nitrogens with two attached hydrogens (primary N) is 1. The monoisotopic (exact) mass is 396 g/mol. The number of nitrogens with one attached hydrogen (secondary N) is 1. The molecular formula is C16H18Cl2N6O2. The third kappa shape index (κ3) is 4.39. The zero-order valence-corrected chi connectivity index (χ0v) is 15.2. The van der Waals surface area contributed by atoms with Gasteiger partial charge in [0.15, 0.2) is 16.7 Å². The zero-order chi connectivity index (χ0) is 18.7. The molecule has 1 aromatic heterocycles. The summed E-state index contributed by atoms with van der Waals surface area (Å²) in [6.07, 6.45) is 0.485. The first-order valence-electron chi connectivity index (χ1n) is 8.02. The van der Waals surface area contributed by atoms with Gasteiger partial charge in [-0.05, 0) is 37.1 Å². The number of hydrogen-bond acceptors (Lipinski definition) is 8. The number of aromatic nitrogens is 2. The summed E-state index contributed by atoms with van der Waals surface area (Å²) >= 11 is 12.0. The van der Waals surface area contributed by atoms with Crippen molar-refractivity contribution in [1.29, 1.82) is 0 Å². The van der Waals surface area contributed by atoms with Crippen LogP contribution in [0, 0.1) is 5.92 Å². The molecule has 26 heavy (non-hydrogen) atoms. The lowest BCUT2D eigenvalue weighted by atomic mass is 10.1. The minimum absolute atomic E-state index is 0.000182. The summed E-state index contributed by atoms with van der Waals surface area (Å²) in [6, 6.07) is 6.72. The van der Waals surface area contributed by atoms with E-state index in [1.807, 2.05) is 0 Å². The molecule has 0 radical (unpaired) electrons. The number of halogens is 2. The van der Waals surface area contributed by atoms with Crippen LogP contribution in [0.5, 0.6) is 0 Å². The summed E-state index contributed by atoms with van der Waals surface area (Å²) in [5.74, 6) is 0.150. The zero-order valence-electron chi connectivity index (χ0n) is 13.7. The summed E-state index contributed by atoms with van der Waals surface area (Å²) in [5, 5.41) is 31.3. The fraction of sp³-hybridized carbons (Fsp3) is 0.375. The molecule has 1 aromatic carbocycles. The quantitative estimate of drug-likeness (QED) is 0.453. The van der Waals surface area contributed by atoms with Gasteiger partial charge < -0.3 is 21.3 Å². The van der Waals surface area contributed by atoms with Crippen LogP contribution >= 0.6 is 23.2 Å². The van der Waals surface area contributed by atoms with Crippen molar-refractivity contribution in [3.8, 4) is 0 Å². The molecule has 0 aliphatic heterocycles. The number of nitrogen functional groups attached to an aromatic ring is 1. The lowest BCUT2D eigenvalue weighted by Gasteiger charge is -2.15. The molecule has 0 bridgehead atoms. The minimum Gasteiger partial charge on any atom is -0.396 e. The maximum atomic E-state index is 9.95. The Morgan fingerprint density at radius 2 is 1.88 bits per heavy atom. The molecule has 8 nitrogen and oxygen atoms in total. The van der Waals surface area contributed by atoms with E-state index in [0.717, 1.165) is 0 Å². The van der Waals surface area contributed by atoms with Gasteiger partial charge in [0.05, 0.1) is 11.8 Å². The van der Waals surface area contributed by atoms with Crippen molar-refractivity contribution in [2.24, 2.45) is 16.1 Å². The highest BCUT2D eigenvalue weighted by Gasteiger charge is 2.33. The van der Waals surface area contributed by atoms with Gasteiger partial charge in [0.25, 0.3) is 0 Å². The summed E-state index contributed by atoms with van der Waals surface area (Å²) in [4.78, 5) is 8.06. The van der Waals surface area contributed by atoms with Crippen LogP contribution in [0.3, 0.4) is 0 Å². The fourth-order valence-electron chi connectivity index (χ4n) is 2.86.